The fourth-order valence-electron chi connectivity index (χ4n) is 3.25. The number of aromatic nitrogens is 1. The monoisotopic (exact) mass is 273 g/mol. The first-order valence-electron chi connectivity index (χ1n) is 8.32. The molecule has 1 heterocycles. The molecule has 1 saturated carbocycles. The molecule has 1 aromatic heterocycles. The van der Waals surface area contributed by atoms with Crippen LogP contribution in [0.25, 0.3) is 0 Å². The molecule has 0 saturated heterocycles. The van der Waals surface area contributed by atoms with Crippen molar-refractivity contribution in [2.24, 2.45) is 5.73 Å². The van der Waals surface area contributed by atoms with Gasteiger partial charge in [-0.05, 0) is 56.6 Å². The van der Waals surface area contributed by atoms with Gasteiger partial charge in [0.05, 0.1) is 0 Å². The van der Waals surface area contributed by atoms with E-state index in [0.717, 1.165) is 19.0 Å². The quantitative estimate of drug-likeness (QED) is 0.865. The molecule has 0 atom stereocenters. The van der Waals surface area contributed by atoms with Crippen LogP contribution in [0.3, 0.4) is 0 Å². The van der Waals surface area contributed by atoms with Crippen molar-refractivity contribution in [1.82, 2.24) is 4.98 Å². The maximum atomic E-state index is 6.00. The molecular formula is C17H27N3. The largest absolute Gasteiger partial charge is 0.353 e. The molecule has 2 aliphatic rings. The summed E-state index contributed by atoms with van der Waals surface area (Å²) in [6, 6.07) is 3.07. The molecule has 1 aromatic rings. The molecule has 0 bridgehead atoms. The normalized spacial score (nSPS) is 17.9. The van der Waals surface area contributed by atoms with Gasteiger partial charge in [0, 0.05) is 30.4 Å². The number of nitrogens with two attached hydrogens (primary N) is 1. The molecule has 20 heavy (non-hydrogen) atoms. The van der Waals surface area contributed by atoms with Crippen molar-refractivity contribution in [1.29, 1.82) is 0 Å². The summed E-state index contributed by atoms with van der Waals surface area (Å²) < 4.78 is 0. The van der Waals surface area contributed by atoms with Gasteiger partial charge in [0.25, 0.3) is 0 Å². The van der Waals surface area contributed by atoms with E-state index in [4.69, 9.17) is 10.7 Å². The molecule has 0 radical (unpaired) electrons. The van der Waals surface area contributed by atoms with Crippen LogP contribution in [0.4, 0.5) is 5.82 Å². The number of rotatable bonds is 6. The van der Waals surface area contributed by atoms with Crippen molar-refractivity contribution in [3.05, 3.63) is 22.9 Å². The summed E-state index contributed by atoms with van der Waals surface area (Å²) in [4.78, 5) is 7.59. The summed E-state index contributed by atoms with van der Waals surface area (Å²) in [6.45, 7) is 4.01. The Bertz CT molecular complexity index is 466. The van der Waals surface area contributed by atoms with E-state index in [1.807, 2.05) is 0 Å². The second kappa shape index (κ2) is 6.13. The summed E-state index contributed by atoms with van der Waals surface area (Å²) in [7, 11) is 0. The van der Waals surface area contributed by atoms with E-state index in [2.05, 4.69) is 17.9 Å². The van der Waals surface area contributed by atoms with Crippen molar-refractivity contribution in [3.63, 3.8) is 0 Å². The predicted octanol–water partition coefficient (Wildman–Crippen LogP) is 3.19. The van der Waals surface area contributed by atoms with Gasteiger partial charge in [0.2, 0.25) is 0 Å². The lowest BCUT2D eigenvalue weighted by atomic mass is 9.94. The first kappa shape index (κ1) is 13.9. The first-order chi connectivity index (χ1) is 9.83. The zero-order valence-corrected chi connectivity index (χ0v) is 12.7. The Balaban J connectivity index is 1.92. The molecule has 1 fully saturated rings. The minimum Gasteiger partial charge on any atom is -0.353 e. The summed E-state index contributed by atoms with van der Waals surface area (Å²) in [5.41, 5.74) is 10.1. The van der Waals surface area contributed by atoms with Crippen molar-refractivity contribution in [2.75, 3.05) is 11.4 Å². The SMILES string of the molecule is CCCCN(c1nc2c(cc1CN)CCCC2)C1CC1. The van der Waals surface area contributed by atoms with Crippen LogP contribution in [0, 0.1) is 0 Å². The highest BCUT2D eigenvalue weighted by molar-refractivity contribution is 5.52. The Kier molecular flexibility index (Phi) is 4.25. The Morgan fingerprint density at radius 2 is 2.10 bits per heavy atom. The van der Waals surface area contributed by atoms with Crippen LogP contribution >= 0.6 is 0 Å². The van der Waals surface area contributed by atoms with Gasteiger partial charge in [0.1, 0.15) is 5.82 Å². The highest BCUT2D eigenvalue weighted by Crippen LogP contribution is 2.34. The average Bonchev–Trinajstić information content (AvgIpc) is 3.31. The van der Waals surface area contributed by atoms with Crippen molar-refractivity contribution in [2.45, 2.75) is 70.9 Å². The molecule has 0 aromatic carbocycles. The number of unbranched alkanes of at least 4 members (excludes halogenated alkanes) is 1. The zero-order valence-electron chi connectivity index (χ0n) is 12.7. The topological polar surface area (TPSA) is 42.2 Å². The standard InChI is InChI=1S/C17H27N3/c1-2-3-10-20(15-8-9-15)17-14(12-18)11-13-6-4-5-7-16(13)19-17/h11,15H,2-10,12,18H2,1H3. The van der Waals surface area contributed by atoms with E-state index in [1.54, 1.807) is 0 Å². The smallest absolute Gasteiger partial charge is 0.133 e. The second-order valence-electron chi connectivity index (χ2n) is 6.27. The Morgan fingerprint density at radius 1 is 1.30 bits per heavy atom. The molecule has 0 spiro atoms. The third-order valence-electron chi connectivity index (χ3n) is 4.59. The fourth-order valence-corrected chi connectivity index (χ4v) is 3.25. The third kappa shape index (κ3) is 2.83. The molecule has 3 nitrogen and oxygen atoms in total. The molecule has 2 aliphatic carbocycles. The number of fused-ring (bicyclic) bond motifs is 1. The number of hydrogen-bond donors (Lipinski definition) is 1. The van der Waals surface area contributed by atoms with Crippen LogP contribution in [0.5, 0.6) is 0 Å². The number of pyridine rings is 1. The molecule has 3 heteroatoms. The van der Waals surface area contributed by atoms with Gasteiger partial charge < -0.3 is 10.6 Å². The van der Waals surface area contributed by atoms with Gasteiger partial charge in [0.15, 0.2) is 0 Å². The molecule has 110 valence electrons. The van der Waals surface area contributed by atoms with E-state index < -0.39 is 0 Å². The average molecular weight is 273 g/mol. The predicted molar refractivity (Wildman–Crippen MR) is 84.0 cm³/mol. The Labute approximate surface area is 122 Å². The molecule has 0 amide bonds. The lowest BCUT2D eigenvalue weighted by molar-refractivity contribution is 0.653. The van der Waals surface area contributed by atoms with Gasteiger partial charge in [-0.1, -0.05) is 13.3 Å². The van der Waals surface area contributed by atoms with Crippen LogP contribution in [-0.4, -0.2) is 17.6 Å². The highest BCUT2D eigenvalue weighted by Gasteiger charge is 2.31. The summed E-state index contributed by atoms with van der Waals surface area (Å²) >= 11 is 0. The summed E-state index contributed by atoms with van der Waals surface area (Å²) in [6.07, 6.45) is 10.1. The minimum absolute atomic E-state index is 0.616. The van der Waals surface area contributed by atoms with Crippen LogP contribution in [-0.2, 0) is 19.4 Å². The fraction of sp³-hybridized carbons (Fsp3) is 0.706. The summed E-state index contributed by atoms with van der Waals surface area (Å²) in [5.74, 6) is 1.20. The van der Waals surface area contributed by atoms with Crippen LogP contribution in [0.1, 0.15) is 62.3 Å². The van der Waals surface area contributed by atoms with Crippen LogP contribution in [0.2, 0.25) is 0 Å². The first-order valence-corrected chi connectivity index (χ1v) is 8.32. The van der Waals surface area contributed by atoms with E-state index in [-0.39, 0.29) is 0 Å². The number of aryl methyl sites for hydroxylation is 2. The van der Waals surface area contributed by atoms with Crippen LogP contribution < -0.4 is 10.6 Å². The molecule has 0 aliphatic heterocycles. The Morgan fingerprint density at radius 3 is 2.80 bits per heavy atom. The lowest BCUT2D eigenvalue weighted by Crippen LogP contribution is -2.30. The van der Waals surface area contributed by atoms with Crippen molar-refractivity contribution in [3.8, 4) is 0 Å². The highest BCUT2D eigenvalue weighted by atomic mass is 15.2. The summed E-state index contributed by atoms with van der Waals surface area (Å²) in [5, 5.41) is 0. The number of nitrogens with zero attached hydrogens (tertiary/aromatic N) is 2. The third-order valence-corrected chi connectivity index (χ3v) is 4.59. The van der Waals surface area contributed by atoms with E-state index in [0.29, 0.717) is 6.54 Å². The molecule has 0 unspecified atom stereocenters. The molecule has 2 N–H and O–H groups in total. The second-order valence-corrected chi connectivity index (χ2v) is 6.27. The van der Waals surface area contributed by atoms with E-state index >= 15 is 0 Å². The van der Waals surface area contributed by atoms with Gasteiger partial charge in [-0.3, -0.25) is 0 Å². The van der Waals surface area contributed by atoms with Crippen molar-refractivity contribution >= 4 is 5.82 Å². The minimum atomic E-state index is 0.616. The lowest BCUT2D eigenvalue weighted by Gasteiger charge is -2.28. The Hall–Kier alpha value is -1.09. The maximum absolute atomic E-state index is 6.00. The molecular weight excluding hydrogens is 246 g/mol. The van der Waals surface area contributed by atoms with Gasteiger partial charge >= 0.3 is 0 Å². The molecule has 3 rings (SSSR count). The van der Waals surface area contributed by atoms with E-state index in [9.17, 15) is 0 Å². The van der Waals surface area contributed by atoms with Gasteiger partial charge in [-0.15, -0.1) is 0 Å². The number of hydrogen-bond acceptors (Lipinski definition) is 3. The number of anilines is 1. The van der Waals surface area contributed by atoms with Gasteiger partial charge in [-0.25, -0.2) is 4.98 Å². The maximum Gasteiger partial charge on any atom is 0.133 e. The van der Waals surface area contributed by atoms with E-state index in [1.165, 1.54) is 67.6 Å². The van der Waals surface area contributed by atoms with Crippen molar-refractivity contribution < 1.29 is 0 Å². The zero-order chi connectivity index (χ0) is 13.9. The van der Waals surface area contributed by atoms with Crippen LogP contribution in [0.15, 0.2) is 6.07 Å². The van der Waals surface area contributed by atoms with Gasteiger partial charge in [-0.2, -0.15) is 0 Å².